The Morgan fingerprint density at radius 3 is 2.48 bits per heavy atom. The summed E-state index contributed by atoms with van der Waals surface area (Å²) in [4.78, 5) is 13.1. The van der Waals surface area contributed by atoms with Crippen molar-refractivity contribution >= 4 is 44.8 Å². The highest BCUT2D eigenvalue weighted by Gasteiger charge is 2.40. The summed E-state index contributed by atoms with van der Waals surface area (Å²) in [6.07, 6.45) is 3.43. The number of amides is 1. The Morgan fingerprint density at radius 1 is 1.10 bits per heavy atom. The van der Waals surface area contributed by atoms with Crippen LogP contribution in [0.1, 0.15) is 37.8 Å². The number of para-hydroxylation sites is 1. The number of hydrazine groups is 1. The molecule has 1 N–H and O–H groups in total. The van der Waals surface area contributed by atoms with Gasteiger partial charge in [-0.3, -0.25) is 15.2 Å². The zero-order chi connectivity index (χ0) is 20.4. The van der Waals surface area contributed by atoms with Crippen LogP contribution < -0.4 is 10.4 Å². The van der Waals surface area contributed by atoms with Crippen LogP contribution in [-0.2, 0) is 4.79 Å². The SMILES string of the molecule is C[C@H]1C(C(=O)NN2CCCCC2)=NN(c2ccccc2Cl)[C@@H]1c1ccc(Br)cc1. The van der Waals surface area contributed by atoms with Gasteiger partial charge in [-0.05, 0) is 42.7 Å². The zero-order valence-corrected chi connectivity index (χ0v) is 18.7. The topological polar surface area (TPSA) is 47.9 Å². The molecule has 2 aliphatic rings. The molecule has 4 rings (SSSR count). The average molecular weight is 476 g/mol. The highest BCUT2D eigenvalue weighted by Crippen LogP contribution is 2.41. The zero-order valence-electron chi connectivity index (χ0n) is 16.3. The first-order valence-corrected chi connectivity index (χ1v) is 11.2. The number of hydrogen-bond acceptors (Lipinski definition) is 4. The van der Waals surface area contributed by atoms with Crippen molar-refractivity contribution in [3.05, 3.63) is 63.6 Å². The van der Waals surface area contributed by atoms with Gasteiger partial charge < -0.3 is 0 Å². The summed E-state index contributed by atoms with van der Waals surface area (Å²) in [6.45, 7) is 3.83. The van der Waals surface area contributed by atoms with Crippen LogP contribution in [-0.4, -0.2) is 29.7 Å². The predicted molar refractivity (Wildman–Crippen MR) is 121 cm³/mol. The van der Waals surface area contributed by atoms with Crippen molar-refractivity contribution in [3.8, 4) is 0 Å². The molecule has 2 aromatic rings. The first kappa shape index (κ1) is 20.4. The number of carbonyl (C=O) groups excluding carboxylic acids is 1. The molecule has 0 unspecified atom stereocenters. The molecule has 1 saturated heterocycles. The molecule has 1 amide bonds. The second-order valence-electron chi connectivity index (χ2n) is 7.55. The lowest BCUT2D eigenvalue weighted by atomic mass is 9.91. The minimum atomic E-state index is -0.129. The van der Waals surface area contributed by atoms with Gasteiger partial charge >= 0.3 is 0 Å². The molecule has 0 spiro atoms. The lowest BCUT2D eigenvalue weighted by molar-refractivity contribution is -0.120. The number of carbonyl (C=O) groups is 1. The minimum absolute atomic E-state index is 0.0859. The Hall–Kier alpha value is -1.89. The van der Waals surface area contributed by atoms with Gasteiger partial charge in [0.05, 0.1) is 16.8 Å². The Balaban J connectivity index is 1.66. The molecule has 152 valence electrons. The van der Waals surface area contributed by atoms with Gasteiger partial charge in [-0.2, -0.15) is 5.10 Å². The van der Waals surface area contributed by atoms with Crippen molar-refractivity contribution in [1.82, 2.24) is 10.4 Å². The third-order valence-electron chi connectivity index (χ3n) is 5.54. The maximum atomic E-state index is 13.1. The third kappa shape index (κ3) is 4.34. The Bertz CT molecular complexity index is 911. The first-order chi connectivity index (χ1) is 14.0. The van der Waals surface area contributed by atoms with Gasteiger partial charge in [-0.25, -0.2) is 5.01 Å². The number of benzene rings is 2. The van der Waals surface area contributed by atoms with Gasteiger partial charge in [0, 0.05) is 23.5 Å². The number of piperidine rings is 1. The number of halogens is 2. The Morgan fingerprint density at radius 2 is 1.79 bits per heavy atom. The van der Waals surface area contributed by atoms with Crippen LogP contribution in [0, 0.1) is 5.92 Å². The number of rotatable bonds is 4. The molecule has 2 atom stereocenters. The van der Waals surface area contributed by atoms with Crippen molar-refractivity contribution in [1.29, 1.82) is 0 Å². The Kier molecular flexibility index (Phi) is 6.23. The number of anilines is 1. The van der Waals surface area contributed by atoms with E-state index >= 15 is 0 Å². The molecule has 0 saturated carbocycles. The van der Waals surface area contributed by atoms with E-state index in [0.29, 0.717) is 10.7 Å². The highest BCUT2D eigenvalue weighted by atomic mass is 79.9. The normalized spacial score (nSPS) is 22.4. The summed E-state index contributed by atoms with van der Waals surface area (Å²) < 4.78 is 1.01. The summed E-state index contributed by atoms with van der Waals surface area (Å²) in [7, 11) is 0. The monoisotopic (exact) mass is 474 g/mol. The summed E-state index contributed by atoms with van der Waals surface area (Å²) >= 11 is 9.98. The van der Waals surface area contributed by atoms with Crippen molar-refractivity contribution < 1.29 is 4.79 Å². The predicted octanol–water partition coefficient (Wildman–Crippen LogP) is 5.17. The summed E-state index contributed by atoms with van der Waals surface area (Å²) in [5.74, 6) is -0.215. The van der Waals surface area contributed by atoms with Crippen LogP contribution in [0.3, 0.4) is 0 Å². The van der Waals surface area contributed by atoms with E-state index in [0.717, 1.165) is 41.7 Å². The standard InChI is InChI=1S/C22H24BrClN4O/c1-15-20(22(29)26-27-13-5-2-6-14-27)25-28(19-8-4-3-7-18(19)24)21(15)16-9-11-17(23)12-10-16/h3-4,7-12,15,21H,2,5-6,13-14H2,1H3,(H,26,29)/t15-,21-/m0/s1. The third-order valence-corrected chi connectivity index (χ3v) is 6.39. The van der Waals surface area contributed by atoms with Crippen LogP contribution in [0.2, 0.25) is 5.02 Å². The van der Waals surface area contributed by atoms with Gasteiger partial charge in [0.15, 0.2) is 0 Å². The molecule has 2 aliphatic heterocycles. The molecule has 0 aromatic heterocycles. The maximum absolute atomic E-state index is 13.1. The molecular formula is C22H24BrClN4O. The van der Waals surface area contributed by atoms with Crippen LogP contribution in [0.25, 0.3) is 0 Å². The van der Waals surface area contributed by atoms with Gasteiger partial charge in [-0.1, -0.05) is 65.1 Å². The lowest BCUT2D eigenvalue weighted by Crippen LogP contribution is -2.48. The van der Waals surface area contributed by atoms with Gasteiger partial charge in [0.2, 0.25) is 0 Å². The molecular weight excluding hydrogens is 452 g/mol. The van der Waals surface area contributed by atoms with E-state index in [-0.39, 0.29) is 17.9 Å². The second-order valence-corrected chi connectivity index (χ2v) is 8.88. The number of hydrogen-bond donors (Lipinski definition) is 1. The molecule has 7 heteroatoms. The molecule has 2 aromatic carbocycles. The fraction of sp³-hybridized carbons (Fsp3) is 0.364. The van der Waals surface area contributed by atoms with Crippen LogP contribution in [0.4, 0.5) is 5.69 Å². The smallest absolute Gasteiger partial charge is 0.282 e. The quantitative estimate of drug-likeness (QED) is 0.663. The van der Waals surface area contributed by atoms with Crippen LogP contribution in [0.15, 0.2) is 58.1 Å². The number of hydrazone groups is 1. The fourth-order valence-corrected chi connectivity index (χ4v) is 4.51. The van der Waals surface area contributed by atoms with Crippen LogP contribution in [0.5, 0.6) is 0 Å². The molecule has 0 aliphatic carbocycles. The van der Waals surface area contributed by atoms with Crippen molar-refractivity contribution in [2.75, 3.05) is 18.1 Å². The molecule has 0 radical (unpaired) electrons. The Labute approximate surface area is 184 Å². The van der Waals surface area contributed by atoms with E-state index in [4.69, 9.17) is 16.7 Å². The van der Waals surface area contributed by atoms with Gasteiger partial charge in [0.25, 0.3) is 5.91 Å². The van der Waals surface area contributed by atoms with Crippen molar-refractivity contribution in [2.45, 2.75) is 32.2 Å². The largest absolute Gasteiger partial charge is 0.284 e. The molecule has 2 heterocycles. The molecule has 29 heavy (non-hydrogen) atoms. The van der Waals surface area contributed by atoms with Crippen molar-refractivity contribution in [3.63, 3.8) is 0 Å². The summed E-state index contributed by atoms with van der Waals surface area (Å²) in [5, 5.41) is 9.27. The first-order valence-electron chi connectivity index (χ1n) is 9.98. The maximum Gasteiger partial charge on any atom is 0.282 e. The highest BCUT2D eigenvalue weighted by molar-refractivity contribution is 9.10. The van der Waals surface area contributed by atoms with Crippen molar-refractivity contribution in [2.24, 2.45) is 11.0 Å². The average Bonchev–Trinajstić information content (AvgIpc) is 3.07. The van der Waals surface area contributed by atoms with E-state index in [1.54, 1.807) is 0 Å². The van der Waals surface area contributed by atoms with E-state index in [1.165, 1.54) is 6.42 Å². The minimum Gasteiger partial charge on any atom is -0.284 e. The van der Waals surface area contributed by atoms with Gasteiger partial charge in [0.1, 0.15) is 5.71 Å². The van der Waals surface area contributed by atoms with E-state index in [2.05, 4.69) is 40.4 Å². The lowest BCUT2D eigenvalue weighted by Gasteiger charge is -2.28. The molecule has 5 nitrogen and oxygen atoms in total. The number of nitrogens with one attached hydrogen (secondary N) is 1. The van der Waals surface area contributed by atoms with Gasteiger partial charge in [-0.15, -0.1) is 0 Å². The van der Waals surface area contributed by atoms with Crippen LogP contribution >= 0.6 is 27.5 Å². The summed E-state index contributed by atoms with van der Waals surface area (Å²) in [5.41, 5.74) is 5.48. The van der Waals surface area contributed by atoms with E-state index < -0.39 is 0 Å². The number of nitrogens with zero attached hydrogens (tertiary/aromatic N) is 3. The second kappa shape index (κ2) is 8.86. The molecule has 0 bridgehead atoms. The summed E-state index contributed by atoms with van der Waals surface area (Å²) in [6, 6.07) is 15.7. The fourth-order valence-electron chi connectivity index (χ4n) is 4.02. The van der Waals surface area contributed by atoms with E-state index in [1.807, 2.05) is 46.4 Å². The molecule has 1 fully saturated rings. The van der Waals surface area contributed by atoms with E-state index in [9.17, 15) is 4.79 Å².